The van der Waals surface area contributed by atoms with Crippen molar-refractivity contribution in [1.29, 1.82) is 0 Å². The van der Waals surface area contributed by atoms with Crippen LogP contribution in [0.25, 0.3) is 0 Å². The minimum absolute atomic E-state index is 0.107. The SMILES string of the molecule is Cc1cc(N2CCC(Nc3cnn(C4CCCC4)c3C)C2=O)n(C)n1. The highest BCUT2D eigenvalue weighted by Gasteiger charge is 2.34. The average molecular weight is 342 g/mol. The molecule has 25 heavy (non-hydrogen) atoms. The number of carbonyl (C=O) groups is 1. The first-order valence-corrected chi connectivity index (χ1v) is 9.17. The molecular formula is C18H26N6O. The van der Waals surface area contributed by atoms with Gasteiger partial charge in [-0.15, -0.1) is 0 Å². The molecule has 0 bridgehead atoms. The zero-order chi connectivity index (χ0) is 17.6. The van der Waals surface area contributed by atoms with Crippen molar-refractivity contribution >= 4 is 17.4 Å². The van der Waals surface area contributed by atoms with E-state index in [0.717, 1.165) is 29.3 Å². The molecule has 2 aromatic heterocycles. The van der Waals surface area contributed by atoms with Crippen LogP contribution < -0.4 is 10.2 Å². The van der Waals surface area contributed by atoms with Crippen LogP contribution in [0.15, 0.2) is 12.3 Å². The van der Waals surface area contributed by atoms with E-state index in [2.05, 4.69) is 27.1 Å². The third kappa shape index (κ3) is 2.81. The predicted molar refractivity (Wildman–Crippen MR) is 96.8 cm³/mol. The Labute approximate surface area is 148 Å². The molecule has 4 rings (SSSR count). The molecule has 1 atom stereocenters. The zero-order valence-electron chi connectivity index (χ0n) is 15.2. The first-order valence-electron chi connectivity index (χ1n) is 9.17. The normalized spacial score (nSPS) is 21.5. The molecule has 134 valence electrons. The summed E-state index contributed by atoms with van der Waals surface area (Å²) in [5.74, 6) is 0.973. The van der Waals surface area contributed by atoms with E-state index in [1.165, 1.54) is 25.7 Å². The molecule has 1 N–H and O–H groups in total. The number of hydrogen-bond acceptors (Lipinski definition) is 4. The first-order chi connectivity index (χ1) is 12.0. The maximum Gasteiger partial charge on any atom is 0.250 e. The van der Waals surface area contributed by atoms with Crippen LogP contribution in [0.3, 0.4) is 0 Å². The quantitative estimate of drug-likeness (QED) is 0.927. The maximum atomic E-state index is 12.8. The van der Waals surface area contributed by atoms with Crippen LogP contribution >= 0.6 is 0 Å². The van der Waals surface area contributed by atoms with E-state index in [0.29, 0.717) is 12.6 Å². The number of aryl methyl sites for hydroxylation is 2. The third-order valence-electron chi connectivity index (χ3n) is 5.50. The first kappa shape index (κ1) is 16.2. The molecule has 3 heterocycles. The van der Waals surface area contributed by atoms with Crippen molar-refractivity contribution in [1.82, 2.24) is 19.6 Å². The minimum atomic E-state index is -0.199. The number of carbonyl (C=O) groups excluding carboxylic acids is 1. The summed E-state index contributed by atoms with van der Waals surface area (Å²) in [6.45, 7) is 4.75. The highest BCUT2D eigenvalue weighted by Crippen LogP contribution is 2.32. The van der Waals surface area contributed by atoms with Crippen LogP contribution in [0.5, 0.6) is 0 Å². The molecule has 2 aromatic rings. The van der Waals surface area contributed by atoms with Gasteiger partial charge in [-0.2, -0.15) is 10.2 Å². The number of amides is 1. The second-order valence-electron chi connectivity index (χ2n) is 7.27. The van der Waals surface area contributed by atoms with Gasteiger partial charge in [0.15, 0.2) is 0 Å². The van der Waals surface area contributed by atoms with Crippen LogP contribution in [0.4, 0.5) is 11.5 Å². The van der Waals surface area contributed by atoms with Crippen molar-refractivity contribution in [2.45, 2.75) is 58.0 Å². The van der Waals surface area contributed by atoms with Gasteiger partial charge in [0, 0.05) is 19.7 Å². The van der Waals surface area contributed by atoms with Gasteiger partial charge in [0.25, 0.3) is 5.91 Å². The summed E-state index contributed by atoms with van der Waals surface area (Å²) in [7, 11) is 1.88. The molecule has 0 spiro atoms. The number of rotatable bonds is 4. The van der Waals surface area contributed by atoms with E-state index in [4.69, 9.17) is 0 Å². The summed E-state index contributed by atoms with van der Waals surface area (Å²) in [4.78, 5) is 14.7. The van der Waals surface area contributed by atoms with Crippen molar-refractivity contribution in [3.63, 3.8) is 0 Å². The topological polar surface area (TPSA) is 68.0 Å². The van der Waals surface area contributed by atoms with Gasteiger partial charge in [0.05, 0.1) is 29.3 Å². The smallest absolute Gasteiger partial charge is 0.250 e. The molecule has 1 saturated heterocycles. The summed E-state index contributed by atoms with van der Waals surface area (Å²) < 4.78 is 3.91. The summed E-state index contributed by atoms with van der Waals surface area (Å²) in [5.41, 5.74) is 3.04. The number of nitrogens with one attached hydrogen (secondary N) is 1. The van der Waals surface area contributed by atoms with Crippen LogP contribution in [-0.2, 0) is 11.8 Å². The monoisotopic (exact) mass is 342 g/mol. The standard InChI is InChI=1S/C18H26N6O/c1-12-10-17(22(3)21-12)23-9-8-15(18(23)25)20-16-11-19-24(13(16)2)14-6-4-5-7-14/h10-11,14-15,20H,4-9H2,1-3H3. The fraction of sp³-hybridized carbons (Fsp3) is 0.611. The largest absolute Gasteiger partial charge is 0.371 e. The molecule has 1 amide bonds. The van der Waals surface area contributed by atoms with Gasteiger partial charge in [-0.3, -0.25) is 19.1 Å². The Hall–Kier alpha value is -2.31. The van der Waals surface area contributed by atoms with Crippen LogP contribution in [-0.4, -0.2) is 38.1 Å². The lowest BCUT2D eigenvalue weighted by Gasteiger charge is -2.17. The molecule has 0 aromatic carbocycles. The van der Waals surface area contributed by atoms with E-state index < -0.39 is 0 Å². The van der Waals surface area contributed by atoms with Crippen molar-refractivity contribution in [2.75, 3.05) is 16.8 Å². The summed E-state index contributed by atoms with van der Waals surface area (Å²) in [5, 5.41) is 12.3. The lowest BCUT2D eigenvalue weighted by molar-refractivity contribution is -0.117. The van der Waals surface area contributed by atoms with E-state index >= 15 is 0 Å². The Kier molecular flexibility index (Phi) is 4.01. The molecule has 2 fully saturated rings. The molecule has 1 unspecified atom stereocenters. The summed E-state index contributed by atoms with van der Waals surface area (Å²) in [6, 6.07) is 2.28. The fourth-order valence-corrected chi connectivity index (χ4v) is 4.16. The van der Waals surface area contributed by atoms with Gasteiger partial charge in [0.1, 0.15) is 11.9 Å². The Morgan fingerprint density at radius 3 is 2.64 bits per heavy atom. The average Bonchev–Trinajstić information content (AvgIpc) is 3.33. The van der Waals surface area contributed by atoms with Gasteiger partial charge in [0.2, 0.25) is 0 Å². The fourth-order valence-electron chi connectivity index (χ4n) is 4.16. The van der Waals surface area contributed by atoms with Gasteiger partial charge in [-0.1, -0.05) is 12.8 Å². The number of nitrogens with zero attached hydrogens (tertiary/aromatic N) is 5. The van der Waals surface area contributed by atoms with Crippen molar-refractivity contribution in [2.24, 2.45) is 7.05 Å². The summed E-state index contributed by atoms with van der Waals surface area (Å²) >= 11 is 0. The van der Waals surface area contributed by atoms with Crippen molar-refractivity contribution in [3.05, 3.63) is 23.7 Å². The Morgan fingerprint density at radius 2 is 1.96 bits per heavy atom. The van der Waals surface area contributed by atoms with Crippen molar-refractivity contribution in [3.8, 4) is 0 Å². The van der Waals surface area contributed by atoms with Gasteiger partial charge < -0.3 is 5.32 Å². The lowest BCUT2D eigenvalue weighted by Crippen LogP contribution is -2.34. The molecule has 0 radical (unpaired) electrons. The van der Waals surface area contributed by atoms with Crippen LogP contribution in [0, 0.1) is 13.8 Å². The van der Waals surface area contributed by atoms with Gasteiger partial charge >= 0.3 is 0 Å². The predicted octanol–water partition coefficient (Wildman–Crippen LogP) is 2.57. The number of anilines is 2. The highest BCUT2D eigenvalue weighted by molar-refractivity contribution is 6.00. The molecule has 7 heteroatoms. The molecule has 1 aliphatic carbocycles. The highest BCUT2D eigenvalue weighted by atomic mass is 16.2. The Balaban J connectivity index is 1.49. The Morgan fingerprint density at radius 1 is 1.20 bits per heavy atom. The zero-order valence-corrected chi connectivity index (χ0v) is 15.2. The van der Waals surface area contributed by atoms with E-state index in [1.54, 1.807) is 4.68 Å². The maximum absolute atomic E-state index is 12.8. The number of aromatic nitrogens is 4. The van der Waals surface area contributed by atoms with E-state index in [1.807, 2.05) is 31.1 Å². The lowest BCUT2D eigenvalue weighted by atomic mass is 10.2. The third-order valence-corrected chi connectivity index (χ3v) is 5.50. The second-order valence-corrected chi connectivity index (χ2v) is 7.27. The molecule has 1 aliphatic heterocycles. The second kappa shape index (κ2) is 6.20. The Bertz CT molecular complexity index is 786. The summed E-state index contributed by atoms with van der Waals surface area (Å²) in [6.07, 6.45) is 7.64. The van der Waals surface area contributed by atoms with Crippen LogP contribution in [0.1, 0.15) is 49.5 Å². The van der Waals surface area contributed by atoms with Gasteiger partial charge in [-0.25, -0.2) is 0 Å². The minimum Gasteiger partial charge on any atom is -0.371 e. The molecule has 2 aliphatic rings. The van der Waals surface area contributed by atoms with Gasteiger partial charge in [-0.05, 0) is 33.1 Å². The van der Waals surface area contributed by atoms with E-state index in [-0.39, 0.29) is 11.9 Å². The number of hydrogen-bond donors (Lipinski definition) is 1. The molecule has 1 saturated carbocycles. The van der Waals surface area contributed by atoms with E-state index in [9.17, 15) is 4.79 Å². The molecular weight excluding hydrogens is 316 g/mol. The molecule has 7 nitrogen and oxygen atoms in total. The van der Waals surface area contributed by atoms with Crippen molar-refractivity contribution < 1.29 is 4.79 Å². The van der Waals surface area contributed by atoms with Crippen LogP contribution in [0.2, 0.25) is 0 Å².